The predicted octanol–water partition coefficient (Wildman–Crippen LogP) is 10.9. The van der Waals surface area contributed by atoms with E-state index in [1.165, 1.54) is 128 Å². The molecule has 0 aromatic heterocycles. The zero-order chi connectivity index (χ0) is 27.0. The highest BCUT2D eigenvalue weighted by Gasteiger charge is 1.97. The van der Waals surface area contributed by atoms with Gasteiger partial charge < -0.3 is 10.2 Å². The predicted molar refractivity (Wildman–Crippen MR) is 156 cm³/mol. The summed E-state index contributed by atoms with van der Waals surface area (Å²) < 4.78 is 0. The molecule has 0 radical (unpaired) electrons. The summed E-state index contributed by atoms with van der Waals surface area (Å²) in [7, 11) is 0. The second-order valence-corrected chi connectivity index (χ2v) is 10.4. The molecular formula is C32H62O4. The number of hydrogen-bond donors (Lipinski definition) is 2. The smallest absolute Gasteiger partial charge is 0.303 e. The van der Waals surface area contributed by atoms with E-state index in [4.69, 9.17) is 10.2 Å². The molecule has 0 bridgehead atoms. The monoisotopic (exact) mass is 510 g/mol. The van der Waals surface area contributed by atoms with Crippen LogP contribution in [-0.2, 0) is 9.59 Å². The van der Waals surface area contributed by atoms with Crippen molar-refractivity contribution >= 4 is 11.9 Å². The molecule has 0 fully saturated rings. The molecule has 0 aliphatic rings. The van der Waals surface area contributed by atoms with Gasteiger partial charge in [0.1, 0.15) is 0 Å². The number of unbranched alkanes of at least 4 members (excludes halogenated alkanes) is 21. The summed E-state index contributed by atoms with van der Waals surface area (Å²) in [5.41, 5.74) is 0. The fourth-order valence-electron chi connectivity index (χ4n) is 4.27. The van der Waals surface area contributed by atoms with Crippen molar-refractivity contribution in [2.75, 3.05) is 0 Å². The zero-order valence-electron chi connectivity index (χ0n) is 24.3. The molecule has 0 saturated carbocycles. The van der Waals surface area contributed by atoms with Crippen molar-refractivity contribution < 1.29 is 19.8 Å². The Balaban J connectivity index is 0. The first-order valence-corrected chi connectivity index (χ1v) is 15.6. The van der Waals surface area contributed by atoms with Gasteiger partial charge in [-0.25, -0.2) is 0 Å². The molecule has 0 spiro atoms. The van der Waals surface area contributed by atoms with E-state index in [0.29, 0.717) is 12.8 Å². The van der Waals surface area contributed by atoms with Gasteiger partial charge in [0.05, 0.1) is 0 Å². The van der Waals surface area contributed by atoms with Crippen LogP contribution in [0.5, 0.6) is 0 Å². The van der Waals surface area contributed by atoms with Crippen molar-refractivity contribution in [3.05, 3.63) is 12.2 Å². The van der Waals surface area contributed by atoms with Crippen LogP contribution < -0.4 is 0 Å². The lowest BCUT2D eigenvalue weighted by molar-refractivity contribution is -0.138. The van der Waals surface area contributed by atoms with Gasteiger partial charge in [-0.3, -0.25) is 9.59 Å². The van der Waals surface area contributed by atoms with Gasteiger partial charge in [-0.05, 0) is 32.1 Å². The fraction of sp³-hybridized carbons (Fsp3) is 0.875. The van der Waals surface area contributed by atoms with Crippen LogP contribution in [-0.4, -0.2) is 22.2 Å². The van der Waals surface area contributed by atoms with Crippen molar-refractivity contribution in [2.45, 2.75) is 181 Å². The molecule has 0 aromatic carbocycles. The van der Waals surface area contributed by atoms with Crippen LogP contribution in [0.15, 0.2) is 12.2 Å². The van der Waals surface area contributed by atoms with E-state index in [1.807, 2.05) is 0 Å². The normalized spacial score (nSPS) is 10.9. The van der Waals surface area contributed by atoms with Crippen LogP contribution in [0.1, 0.15) is 181 Å². The maximum atomic E-state index is 10.3. The summed E-state index contributed by atoms with van der Waals surface area (Å²) in [5, 5.41) is 17.0. The van der Waals surface area contributed by atoms with E-state index in [-0.39, 0.29) is 0 Å². The molecule has 36 heavy (non-hydrogen) atoms. The summed E-state index contributed by atoms with van der Waals surface area (Å²) in [4.78, 5) is 20.6. The first-order chi connectivity index (χ1) is 17.5. The van der Waals surface area contributed by atoms with Crippen LogP contribution in [0.2, 0.25) is 0 Å². The van der Waals surface area contributed by atoms with Gasteiger partial charge in [-0.1, -0.05) is 148 Å². The lowest BCUT2D eigenvalue weighted by Gasteiger charge is -2.03. The molecular weight excluding hydrogens is 448 g/mol. The largest absolute Gasteiger partial charge is 0.481 e. The highest BCUT2D eigenvalue weighted by molar-refractivity contribution is 5.66. The Labute approximate surface area is 224 Å². The Morgan fingerprint density at radius 1 is 0.417 bits per heavy atom. The van der Waals surface area contributed by atoms with E-state index in [9.17, 15) is 9.59 Å². The van der Waals surface area contributed by atoms with Crippen molar-refractivity contribution in [3.8, 4) is 0 Å². The summed E-state index contributed by atoms with van der Waals surface area (Å²) in [5.74, 6) is -1.32. The first kappa shape index (κ1) is 36.8. The van der Waals surface area contributed by atoms with Crippen LogP contribution >= 0.6 is 0 Å². The number of carboxylic acids is 2. The number of carbonyl (C=O) groups is 2. The minimum absolute atomic E-state index is 0.330. The van der Waals surface area contributed by atoms with Crippen LogP contribution in [0.25, 0.3) is 0 Å². The number of allylic oxidation sites excluding steroid dienone is 2. The average Bonchev–Trinajstić information content (AvgIpc) is 2.85. The molecule has 0 aliphatic heterocycles. The van der Waals surface area contributed by atoms with Crippen molar-refractivity contribution in [2.24, 2.45) is 0 Å². The molecule has 2 N–H and O–H groups in total. The number of rotatable bonds is 27. The maximum absolute atomic E-state index is 10.3. The molecule has 0 aliphatic carbocycles. The van der Waals surface area contributed by atoms with Gasteiger partial charge in [0.2, 0.25) is 0 Å². The Hall–Kier alpha value is -1.32. The quantitative estimate of drug-likeness (QED) is 0.0851. The van der Waals surface area contributed by atoms with E-state index < -0.39 is 11.9 Å². The standard InChI is InChI=1S/C18H36O2.C14H26O2/c1-2-3-4-5-6-7-8-9-10-11-12-13-14-15-16-17-18(19)20;1-2-3-4-5-6-7-8-9-10-11-12-13-14(15)16/h2-17H2,1H3,(H,19,20);5-6H,2-4,7-13H2,1H3,(H,15,16)/b;6-5-. The highest BCUT2D eigenvalue weighted by Crippen LogP contribution is 2.13. The number of hydrogen-bond acceptors (Lipinski definition) is 2. The third kappa shape index (κ3) is 39.9. The molecule has 4 heteroatoms. The minimum atomic E-state index is -0.668. The van der Waals surface area contributed by atoms with Crippen LogP contribution in [0.3, 0.4) is 0 Å². The van der Waals surface area contributed by atoms with Gasteiger partial charge in [0.25, 0.3) is 0 Å². The van der Waals surface area contributed by atoms with E-state index in [0.717, 1.165) is 25.7 Å². The lowest BCUT2D eigenvalue weighted by atomic mass is 10.0. The Morgan fingerprint density at radius 3 is 1.03 bits per heavy atom. The van der Waals surface area contributed by atoms with Crippen molar-refractivity contribution in [1.82, 2.24) is 0 Å². The first-order valence-electron chi connectivity index (χ1n) is 15.6. The maximum Gasteiger partial charge on any atom is 0.303 e. The minimum Gasteiger partial charge on any atom is -0.481 e. The molecule has 0 amide bonds. The van der Waals surface area contributed by atoms with Crippen molar-refractivity contribution in [1.29, 1.82) is 0 Å². The lowest BCUT2D eigenvalue weighted by Crippen LogP contribution is -1.93. The SMILES string of the molecule is CCCC/C=C\CCCCCCCC(=O)O.CCCCCCCCCCCCCCCCCC(=O)O. The number of carboxylic acid groups (broad SMARTS) is 2. The van der Waals surface area contributed by atoms with Gasteiger partial charge in [-0.2, -0.15) is 0 Å². The highest BCUT2D eigenvalue weighted by atomic mass is 16.4. The third-order valence-corrected chi connectivity index (χ3v) is 6.65. The van der Waals surface area contributed by atoms with E-state index in [2.05, 4.69) is 26.0 Å². The molecule has 0 atom stereocenters. The summed E-state index contributed by atoms with van der Waals surface area (Å²) >= 11 is 0. The van der Waals surface area contributed by atoms with Crippen LogP contribution in [0, 0.1) is 0 Å². The molecule has 4 nitrogen and oxygen atoms in total. The average molecular weight is 511 g/mol. The second kappa shape index (κ2) is 33.7. The molecule has 0 unspecified atom stereocenters. The zero-order valence-corrected chi connectivity index (χ0v) is 24.3. The Morgan fingerprint density at radius 2 is 0.694 bits per heavy atom. The van der Waals surface area contributed by atoms with Gasteiger partial charge >= 0.3 is 11.9 Å². The molecule has 0 aromatic rings. The fourth-order valence-corrected chi connectivity index (χ4v) is 4.27. The topological polar surface area (TPSA) is 74.6 Å². The molecule has 0 heterocycles. The van der Waals surface area contributed by atoms with Gasteiger partial charge in [0, 0.05) is 12.8 Å². The Bertz CT molecular complexity index is 473. The summed E-state index contributed by atoms with van der Waals surface area (Å²) in [6.45, 7) is 4.48. The summed E-state index contributed by atoms with van der Waals surface area (Å²) in [6, 6.07) is 0. The van der Waals surface area contributed by atoms with Gasteiger partial charge in [-0.15, -0.1) is 0 Å². The van der Waals surface area contributed by atoms with Gasteiger partial charge in [0.15, 0.2) is 0 Å². The van der Waals surface area contributed by atoms with Crippen LogP contribution in [0.4, 0.5) is 0 Å². The second-order valence-electron chi connectivity index (χ2n) is 10.4. The molecule has 0 rings (SSSR count). The summed E-state index contributed by atoms with van der Waals surface area (Å²) in [6.07, 6.45) is 35.6. The molecule has 0 saturated heterocycles. The van der Waals surface area contributed by atoms with E-state index >= 15 is 0 Å². The number of aliphatic carboxylic acids is 2. The third-order valence-electron chi connectivity index (χ3n) is 6.65. The van der Waals surface area contributed by atoms with Crippen molar-refractivity contribution in [3.63, 3.8) is 0 Å². The molecule has 214 valence electrons. The Kier molecular flexibility index (Phi) is 34.5. The van der Waals surface area contributed by atoms with E-state index in [1.54, 1.807) is 0 Å².